The number of nitrogens with zero attached hydrogens (tertiary/aromatic N) is 1. The van der Waals surface area contributed by atoms with E-state index in [9.17, 15) is 4.79 Å². The summed E-state index contributed by atoms with van der Waals surface area (Å²) >= 11 is 0. The van der Waals surface area contributed by atoms with Crippen molar-refractivity contribution in [2.75, 3.05) is 6.54 Å². The Bertz CT molecular complexity index is 302. The van der Waals surface area contributed by atoms with Gasteiger partial charge in [-0.3, -0.25) is 9.79 Å². The highest BCUT2D eigenvalue weighted by atomic mass is 16.1. The van der Waals surface area contributed by atoms with E-state index >= 15 is 0 Å². The highest BCUT2D eigenvalue weighted by Gasteiger charge is 2.13. The van der Waals surface area contributed by atoms with Gasteiger partial charge in [-0.05, 0) is 25.5 Å². The summed E-state index contributed by atoms with van der Waals surface area (Å²) in [6.07, 6.45) is 20.8. The van der Waals surface area contributed by atoms with E-state index < -0.39 is 0 Å². The first-order valence-corrected chi connectivity index (χ1v) is 9.58. The number of carbonyl (C=O) groups is 1. The Morgan fingerprint density at radius 3 is 1.73 bits per heavy atom. The normalized spacial score (nSPS) is 24.8. The standard InChI is InChI=1S/C19H36N2O/c20-19(22)18-14-12-10-8-6-4-2-1-3-5-7-9-11-13-16-21-17-15-18/h17-18H,1-16H2,(H2,20,22). The summed E-state index contributed by atoms with van der Waals surface area (Å²) < 4.78 is 0. The zero-order chi connectivity index (χ0) is 15.9. The Kier molecular flexibility index (Phi) is 12.0. The van der Waals surface area contributed by atoms with Crippen LogP contribution in [0.5, 0.6) is 0 Å². The molecule has 0 saturated heterocycles. The summed E-state index contributed by atoms with van der Waals surface area (Å²) in [7, 11) is 0. The maximum Gasteiger partial charge on any atom is 0.220 e. The van der Waals surface area contributed by atoms with Crippen LogP contribution in [0.4, 0.5) is 0 Å². The van der Waals surface area contributed by atoms with Crippen LogP contribution in [0.1, 0.15) is 96.3 Å². The minimum atomic E-state index is -0.155. The molecule has 1 aliphatic heterocycles. The number of hydrogen-bond acceptors (Lipinski definition) is 2. The molecule has 0 saturated carbocycles. The van der Waals surface area contributed by atoms with Crippen molar-refractivity contribution in [3.8, 4) is 0 Å². The van der Waals surface area contributed by atoms with E-state index in [1.165, 1.54) is 77.0 Å². The quantitative estimate of drug-likeness (QED) is 0.726. The lowest BCUT2D eigenvalue weighted by atomic mass is 9.97. The first-order chi connectivity index (χ1) is 10.8. The number of aliphatic imine (C=N–C) groups is 1. The Hall–Kier alpha value is -0.860. The monoisotopic (exact) mass is 308 g/mol. The van der Waals surface area contributed by atoms with Gasteiger partial charge in [0.15, 0.2) is 0 Å². The van der Waals surface area contributed by atoms with Crippen LogP contribution < -0.4 is 5.73 Å². The molecule has 0 aromatic carbocycles. The average Bonchev–Trinajstić information content (AvgIpc) is 2.50. The van der Waals surface area contributed by atoms with Crippen LogP contribution in [0.25, 0.3) is 0 Å². The van der Waals surface area contributed by atoms with Crippen LogP contribution >= 0.6 is 0 Å². The predicted molar refractivity (Wildman–Crippen MR) is 95.3 cm³/mol. The van der Waals surface area contributed by atoms with Crippen molar-refractivity contribution in [1.29, 1.82) is 0 Å². The summed E-state index contributed by atoms with van der Waals surface area (Å²) in [5, 5.41) is 0. The van der Waals surface area contributed by atoms with Crippen molar-refractivity contribution in [2.45, 2.75) is 96.3 Å². The van der Waals surface area contributed by atoms with Crippen LogP contribution in [0.2, 0.25) is 0 Å². The van der Waals surface area contributed by atoms with E-state index in [0.717, 1.165) is 25.8 Å². The summed E-state index contributed by atoms with van der Waals surface area (Å²) in [6, 6.07) is 0. The van der Waals surface area contributed by atoms with Gasteiger partial charge in [-0.1, -0.05) is 77.0 Å². The molecule has 3 nitrogen and oxygen atoms in total. The van der Waals surface area contributed by atoms with E-state index in [1.54, 1.807) is 0 Å². The van der Waals surface area contributed by atoms with Gasteiger partial charge >= 0.3 is 0 Å². The second-order valence-corrected chi connectivity index (χ2v) is 6.81. The summed E-state index contributed by atoms with van der Waals surface area (Å²) in [4.78, 5) is 15.9. The van der Waals surface area contributed by atoms with Crippen LogP contribution in [-0.2, 0) is 4.79 Å². The summed E-state index contributed by atoms with van der Waals surface area (Å²) in [5.41, 5.74) is 5.50. The fourth-order valence-corrected chi connectivity index (χ4v) is 3.21. The maximum absolute atomic E-state index is 11.5. The SMILES string of the molecule is NC(=O)C1CC=NCCCCCCCCCCCCCCC1. The molecular formula is C19H36N2O. The van der Waals surface area contributed by atoms with Gasteiger partial charge < -0.3 is 5.73 Å². The Balaban J connectivity index is 2.29. The summed E-state index contributed by atoms with van der Waals surface area (Å²) in [6.45, 7) is 0.908. The zero-order valence-electron chi connectivity index (χ0n) is 14.4. The molecule has 1 rings (SSSR count). The third-order valence-corrected chi connectivity index (χ3v) is 4.76. The van der Waals surface area contributed by atoms with E-state index in [-0.39, 0.29) is 11.8 Å². The second-order valence-electron chi connectivity index (χ2n) is 6.81. The molecule has 0 aromatic heterocycles. The van der Waals surface area contributed by atoms with Crippen molar-refractivity contribution in [2.24, 2.45) is 16.6 Å². The van der Waals surface area contributed by atoms with E-state index in [1.807, 2.05) is 6.21 Å². The van der Waals surface area contributed by atoms with Crippen LogP contribution in [0.15, 0.2) is 4.99 Å². The molecule has 0 bridgehead atoms. The number of rotatable bonds is 1. The Morgan fingerprint density at radius 2 is 1.23 bits per heavy atom. The Morgan fingerprint density at radius 1 is 0.773 bits per heavy atom. The molecule has 0 radical (unpaired) electrons. The minimum Gasteiger partial charge on any atom is -0.369 e. The van der Waals surface area contributed by atoms with Crippen molar-refractivity contribution >= 4 is 12.1 Å². The molecule has 128 valence electrons. The third kappa shape index (κ3) is 10.8. The van der Waals surface area contributed by atoms with Crippen molar-refractivity contribution < 1.29 is 4.79 Å². The van der Waals surface area contributed by atoms with Crippen molar-refractivity contribution in [1.82, 2.24) is 0 Å². The van der Waals surface area contributed by atoms with E-state index in [4.69, 9.17) is 5.73 Å². The molecule has 1 unspecified atom stereocenters. The highest BCUT2D eigenvalue weighted by Crippen LogP contribution is 2.16. The van der Waals surface area contributed by atoms with Crippen molar-refractivity contribution in [3.63, 3.8) is 0 Å². The largest absolute Gasteiger partial charge is 0.369 e. The Labute approximate surface area is 137 Å². The van der Waals surface area contributed by atoms with Gasteiger partial charge in [0.2, 0.25) is 5.91 Å². The summed E-state index contributed by atoms with van der Waals surface area (Å²) in [5.74, 6) is -0.164. The van der Waals surface area contributed by atoms with E-state index in [0.29, 0.717) is 0 Å². The van der Waals surface area contributed by atoms with Gasteiger partial charge in [-0.15, -0.1) is 0 Å². The number of primary amides is 1. The molecule has 0 spiro atoms. The fraction of sp³-hybridized carbons (Fsp3) is 0.895. The lowest BCUT2D eigenvalue weighted by Crippen LogP contribution is -2.23. The molecule has 22 heavy (non-hydrogen) atoms. The maximum atomic E-state index is 11.5. The van der Waals surface area contributed by atoms with Gasteiger partial charge in [0.1, 0.15) is 0 Å². The smallest absolute Gasteiger partial charge is 0.220 e. The fourth-order valence-electron chi connectivity index (χ4n) is 3.21. The van der Waals surface area contributed by atoms with Gasteiger partial charge in [0.25, 0.3) is 0 Å². The lowest BCUT2D eigenvalue weighted by molar-refractivity contribution is -0.121. The molecule has 1 amide bonds. The number of amides is 1. The molecule has 1 aliphatic rings. The third-order valence-electron chi connectivity index (χ3n) is 4.76. The lowest BCUT2D eigenvalue weighted by Gasteiger charge is -2.10. The van der Waals surface area contributed by atoms with E-state index in [2.05, 4.69) is 4.99 Å². The number of carbonyl (C=O) groups excluding carboxylic acids is 1. The molecule has 1 atom stereocenters. The first kappa shape index (κ1) is 19.2. The topological polar surface area (TPSA) is 55.5 Å². The molecule has 2 N–H and O–H groups in total. The molecule has 0 aromatic rings. The van der Waals surface area contributed by atoms with Gasteiger partial charge in [-0.2, -0.15) is 0 Å². The number of nitrogens with two attached hydrogens (primary N) is 1. The highest BCUT2D eigenvalue weighted by molar-refractivity contribution is 5.79. The first-order valence-electron chi connectivity index (χ1n) is 9.58. The van der Waals surface area contributed by atoms with Gasteiger partial charge in [0, 0.05) is 12.5 Å². The predicted octanol–water partition coefficient (Wildman–Crippen LogP) is 5.02. The van der Waals surface area contributed by atoms with Gasteiger partial charge in [-0.25, -0.2) is 0 Å². The van der Waals surface area contributed by atoms with Crippen LogP contribution in [0.3, 0.4) is 0 Å². The van der Waals surface area contributed by atoms with Crippen molar-refractivity contribution in [3.05, 3.63) is 0 Å². The second kappa shape index (κ2) is 13.8. The molecular weight excluding hydrogens is 272 g/mol. The minimum absolute atomic E-state index is 0.00849. The molecule has 0 fully saturated rings. The average molecular weight is 309 g/mol. The van der Waals surface area contributed by atoms with Crippen LogP contribution in [0, 0.1) is 5.92 Å². The molecule has 3 heteroatoms. The number of hydrogen-bond donors (Lipinski definition) is 1. The van der Waals surface area contributed by atoms with Gasteiger partial charge in [0.05, 0.1) is 0 Å². The zero-order valence-corrected chi connectivity index (χ0v) is 14.4. The van der Waals surface area contributed by atoms with Crippen LogP contribution in [-0.4, -0.2) is 18.7 Å². The molecule has 1 heterocycles. The molecule has 0 aliphatic carbocycles.